The number of benzene rings is 1. The molecule has 0 aliphatic heterocycles. The normalized spacial score (nSPS) is 14.1. The number of rotatable bonds is 6. The lowest BCUT2D eigenvalue weighted by Gasteiger charge is -2.20. The Morgan fingerprint density at radius 2 is 2.06 bits per heavy atom. The smallest absolute Gasteiger partial charge is 0.246 e. The molecular formula is C12H15Cl2NOS. The largest absolute Gasteiger partial charge is 0.325 e. The number of thioether (sulfide) groups is 1. The summed E-state index contributed by atoms with van der Waals surface area (Å²) in [4.78, 5) is 11.0. The first kappa shape index (κ1) is 14.7. The van der Waals surface area contributed by atoms with E-state index in [2.05, 4.69) is 5.32 Å². The molecular weight excluding hydrogens is 277 g/mol. The van der Waals surface area contributed by atoms with Crippen LogP contribution in [-0.4, -0.2) is 28.2 Å². The summed E-state index contributed by atoms with van der Waals surface area (Å²) < 4.78 is 0. The van der Waals surface area contributed by atoms with Crippen molar-refractivity contribution in [3.8, 4) is 0 Å². The van der Waals surface area contributed by atoms with Gasteiger partial charge in [0.25, 0.3) is 0 Å². The number of alkyl halides is 2. The van der Waals surface area contributed by atoms with E-state index in [-0.39, 0.29) is 5.91 Å². The zero-order valence-electron chi connectivity index (χ0n) is 9.58. The molecule has 0 aliphatic carbocycles. The monoisotopic (exact) mass is 291 g/mol. The van der Waals surface area contributed by atoms with E-state index in [1.165, 1.54) is 0 Å². The van der Waals surface area contributed by atoms with Gasteiger partial charge in [0.1, 0.15) is 4.87 Å². The standard InChI is InChI=1S/C12H15Cl2NOS/c1-12(14,9-17-8-7-13)11(16)15-10-5-3-2-4-6-10/h2-6H,7-9H2,1H3,(H,15,16)/t12-/m1/s1. The predicted molar refractivity (Wildman–Crippen MR) is 77.4 cm³/mol. The van der Waals surface area contributed by atoms with E-state index in [9.17, 15) is 4.79 Å². The van der Waals surface area contributed by atoms with Crippen molar-refractivity contribution in [2.24, 2.45) is 0 Å². The second-order valence-corrected chi connectivity index (χ2v) is 6.08. The minimum Gasteiger partial charge on any atom is -0.325 e. The van der Waals surface area contributed by atoms with Crippen molar-refractivity contribution in [1.29, 1.82) is 0 Å². The molecule has 1 atom stereocenters. The minimum absolute atomic E-state index is 0.188. The highest BCUT2D eigenvalue weighted by molar-refractivity contribution is 7.99. The number of halogens is 2. The van der Waals surface area contributed by atoms with Gasteiger partial charge in [-0.3, -0.25) is 4.79 Å². The molecule has 0 heterocycles. The Kier molecular flexibility index (Phi) is 6.17. The predicted octanol–water partition coefficient (Wildman–Crippen LogP) is 3.59. The molecule has 0 aliphatic rings. The molecule has 94 valence electrons. The fourth-order valence-corrected chi connectivity index (χ4v) is 2.54. The summed E-state index contributed by atoms with van der Waals surface area (Å²) in [6.07, 6.45) is 0. The van der Waals surface area contributed by atoms with Crippen LogP contribution in [0.1, 0.15) is 6.92 Å². The molecule has 1 N–H and O–H groups in total. The van der Waals surface area contributed by atoms with Gasteiger partial charge in [-0.25, -0.2) is 0 Å². The zero-order valence-corrected chi connectivity index (χ0v) is 11.9. The van der Waals surface area contributed by atoms with Crippen LogP contribution in [0, 0.1) is 0 Å². The lowest BCUT2D eigenvalue weighted by atomic mass is 10.2. The van der Waals surface area contributed by atoms with Crippen LogP contribution in [-0.2, 0) is 4.79 Å². The van der Waals surface area contributed by atoms with Gasteiger partial charge in [0.05, 0.1) is 0 Å². The van der Waals surface area contributed by atoms with Gasteiger partial charge in [-0.1, -0.05) is 18.2 Å². The Morgan fingerprint density at radius 1 is 1.41 bits per heavy atom. The first-order valence-corrected chi connectivity index (χ1v) is 7.32. The van der Waals surface area contributed by atoms with Crippen molar-refractivity contribution >= 4 is 46.6 Å². The van der Waals surface area contributed by atoms with Gasteiger partial charge >= 0.3 is 0 Å². The first-order chi connectivity index (χ1) is 8.06. The molecule has 1 amide bonds. The summed E-state index contributed by atoms with van der Waals surface area (Å²) in [6, 6.07) is 9.28. The van der Waals surface area contributed by atoms with E-state index in [1.807, 2.05) is 30.3 Å². The molecule has 17 heavy (non-hydrogen) atoms. The summed E-state index contributed by atoms with van der Waals surface area (Å²) in [5, 5.41) is 2.79. The fraction of sp³-hybridized carbons (Fsp3) is 0.417. The van der Waals surface area contributed by atoms with Crippen molar-refractivity contribution in [2.75, 3.05) is 22.7 Å². The van der Waals surface area contributed by atoms with E-state index in [0.717, 1.165) is 11.4 Å². The zero-order chi connectivity index (χ0) is 12.7. The van der Waals surface area contributed by atoms with Crippen LogP contribution >= 0.6 is 35.0 Å². The van der Waals surface area contributed by atoms with Gasteiger partial charge in [0, 0.05) is 23.1 Å². The average molecular weight is 292 g/mol. The van der Waals surface area contributed by atoms with Gasteiger partial charge in [-0.2, -0.15) is 11.8 Å². The van der Waals surface area contributed by atoms with Crippen LogP contribution < -0.4 is 5.32 Å². The number of carbonyl (C=O) groups excluding carboxylic acids is 1. The highest BCUT2D eigenvalue weighted by Gasteiger charge is 2.30. The van der Waals surface area contributed by atoms with Gasteiger partial charge in [0.2, 0.25) is 5.91 Å². The van der Waals surface area contributed by atoms with Crippen LogP contribution in [0.3, 0.4) is 0 Å². The number of amides is 1. The van der Waals surface area contributed by atoms with Crippen LogP contribution in [0.15, 0.2) is 30.3 Å². The molecule has 0 bridgehead atoms. The number of hydrogen-bond donors (Lipinski definition) is 1. The summed E-state index contributed by atoms with van der Waals surface area (Å²) >= 11 is 13.3. The molecule has 0 aromatic heterocycles. The van der Waals surface area contributed by atoms with Gasteiger partial charge in [-0.05, 0) is 19.1 Å². The average Bonchev–Trinajstić information content (AvgIpc) is 2.30. The summed E-state index contributed by atoms with van der Waals surface area (Å²) in [7, 11) is 0. The number of para-hydroxylation sites is 1. The van der Waals surface area contributed by atoms with E-state index in [0.29, 0.717) is 11.6 Å². The van der Waals surface area contributed by atoms with Crippen molar-refractivity contribution in [3.05, 3.63) is 30.3 Å². The van der Waals surface area contributed by atoms with Crippen LogP contribution in [0.5, 0.6) is 0 Å². The third-order valence-corrected chi connectivity index (χ3v) is 4.25. The Balaban J connectivity index is 2.51. The molecule has 0 spiro atoms. The number of anilines is 1. The third-order valence-electron chi connectivity index (χ3n) is 2.10. The topological polar surface area (TPSA) is 29.1 Å². The van der Waals surface area contributed by atoms with Gasteiger partial charge in [0.15, 0.2) is 0 Å². The maximum Gasteiger partial charge on any atom is 0.246 e. The van der Waals surface area contributed by atoms with E-state index in [1.54, 1.807) is 18.7 Å². The minimum atomic E-state index is -0.910. The van der Waals surface area contributed by atoms with Gasteiger partial charge in [-0.15, -0.1) is 23.2 Å². The molecule has 5 heteroatoms. The molecule has 0 fully saturated rings. The van der Waals surface area contributed by atoms with Crippen molar-refractivity contribution < 1.29 is 4.79 Å². The summed E-state index contributed by atoms with van der Waals surface area (Å²) in [6.45, 7) is 1.72. The Labute approximate surface area is 116 Å². The lowest BCUT2D eigenvalue weighted by Crippen LogP contribution is -2.37. The maximum absolute atomic E-state index is 11.9. The van der Waals surface area contributed by atoms with Crippen LogP contribution in [0.25, 0.3) is 0 Å². The highest BCUT2D eigenvalue weighted by atomic mass is 35.5. The summed E-state index contributed by atoms with van der Waals surface area (Å²) in [5.74, 6) is 1.72. The van der Waals surface area contributed by atoms with E-state index >= 15 is 0 Å². The second kappa shape index (κ2) is 7.14. The Bertz CT molecular complexity index is 357. The van der Waals surface area contributed by atoms with E-state index in [4.69, 9.17) is 23.2 Å². The summed E-state index contributed by atoms with van der Waals surface area (Å²) in [5.41, 5.74) is 0.756. The van der Waals surface area contributed by atoms with Crippen LogP contribution in [0.2, 0.25) is 0 Å². The third kappa shape index (κ3) is 5.19. The van der Waals surface area contributed by atoms with Crippen molar-refractivity contribution in [2.45, 2.75) is 11.8 Å². The van der Waals surface area contributed by atoms with Crippen molar-refractivity contribution in [1.82, 2.24) is 0 Å². The molecule has 0 saturated carbocycles. The second-order valence-electron chi connectivity index (χ2n) is 3.76. The molecule has 1 aromatic carbocycles. The lowest BCUT2D eigenvalue weighted by molar-refractivity contribution is -0.117. The van der Waals surface area contributed by atoms with Gasteiger partial charge < -0.3 is 5.32 Å². The number of carbonyl (C=O) groups is 1. The fourth-order valence-electron chi connectivity index (χ4n) is 1.17. The Morgan fingerprint density at radius 3 is 2.65 bits per heavy atom. The molecule has 1 aromatic rings. The molecule has 2 nitrogen and oxygen atoms in total. The SMILES string of the molecule is C[C@@](Cl)(CSCCCl)C(=O)Nc1ccccc1. The number of hydrogen-bond acceptors (Lipinski definition) is 2. The molecule has 0 unspecified atom stereocenters. The maximum atomic E-state index is 11.9. The molecule has 1 rings (SSSR count). The van der Waals surface area contributed by atoms with Crippen molar-refractivity contribution in [3.63, 3.8) is 0 Å². The quantitative estimate of drug-likeness (QED) is 0.641. The molecule has 0 radical (unpaired) electrons. The number of nitrogens with one attached hydrogen (secondary N) is 1. The van der Waals surface area contributed by atoms with Crippen LogP contribution in [0.4, 0.5) is 5.69 Å². The Hall–Kier alpha value is -0.380. The highest BCUT2D eigenvalue weighted by Crippen LogP contribution is 2.23. The first-order valence-electron chi connectivity index (χ1n) is 5.25. The molecule has 0 saturated heterocycles. The van der Waals surface area contributed by atoms with E-state index < -0.39 is 4.87 Å².